The highest BCUT2D eigenvalue weighted by Gasteiger charge is 1.98. The highest BCUT2D eigenvalue weighted by Crippen LogP contribution is 2.12. The summed E-state index contributed by atoms with van der Waals surface area (Å²) in [7, 11) is 1.97. The third-order valence-corrected chi connectivity index (χ3v) is 2.24. The first-order valence-electron chi connectivity index (χ1n) is 5.30. The molecule has 0 aliphatic rings. The molecule has 1 rings (SSSR count). The standard InChI is InChI=1S/C13H18N2O/c1-3-7-15(2)8-9-16-13-6-4-5-12(10-13)11-14/h1,4-6,10H,7-9,11,14H2,2H3. The SMILES string of the molecule is C#CCN(C)CCOc1cccc(CN)c1. The molecule has 1 aromatic rings. The van der Waals surface area contributed by atoms with E-state index in [1.54, 1.807) is 0 Å². The Morgan fingerprint density at radius 2 is 2.31 bits per heavy atom. The Morgan fingerprint density at radius 1 is 1.50 bits per heavy atom. The number of likely N-dealkylation sites (N-methyl/N-ethyl adjacent to an activating group) is 1. The fourth-order valence-electron chi connectivity index (χ4n) is 1.32. The summed E-state index contributed by atoms with van der Waals surface area (Å²) >= 11 is 0. The van der Waals surface area contributed by atoms with E-state index in [1.807, 2.05) is 36.2 Å². The molecule has 0 fully saturated rings. The third kappa shape index (κ3) is 4.35. The molecular formula is C13H18N2O. The summed E-state index contributed by atoms with van der Waals surface area (Å²) in [5, 5.41) is 0. The van der Waals surface area contributed by atoms with Crippen molar-refractivity contribution in [2.75, 3.05) is 26.7 Å². The monoisotopic (exact) mass is 218 g/mol. The molecule has 16 heavy (non-hydrogen) atoms. The molecule has 0 amide bonds. The van der Waals surface area contributed by atoms with E-state index in [-0.39, 0.29) is 0 Å². The molecule has 0 aromatic heterocycles. The summed E-state index contributed by atoms with van der Waals surface area (Å²) in [6.45, 7) is 2.63. The first-order chi connectivity index (χ1) is 7.76. The van der Waals surface area contributed by atoms with Crippen LogP contribution in [0.3, 0.4) is 0 Å². The molecule has 0 heterocycles. The van der Waals surface area contributed by atoms with E-state index in [0.717, 1.165) is 17.9 Å². The lowest BCUT2D eigenvalue weighted by Gasteiger charge is -2.14. The molecule has 0 aliphatic carbocycles. The lowest BCUT2D eigenvalue weighted by atomic mass is 10.2. The molecule has 3 nitrogen and oxygen atoms in total. The summed E-state index contributed by atoms with van der Waals surface area (Å²) in [4.78, 5) is 2.03. The largest absolute Gasteiger partial charge is 0.492 e. The first-order valence-corrected chi connectivity index (χ1v) is 5.30. The Bertz CT molecular complexity index is 357. The van der Waals surface area contributed by atoms with Crippen molar-refractivity contribution < 1.29 is 4.74 Å². The Morgan fingerprint density at radius 3 is 3.00 bits per heavy atom. The van der Waals surface area contributed by atoms with Gasteiger partial charge in [-0.1, -0.05) is 18.1 Å². The fourth-order valence-corrected chi connectivity index (χ4v) is 1.32. The number of terminal acetylenes is 1. The van der Waals surface area contributed by atoms with Gasteiger partial charge in [-0.15, -0.1) is 6.42 Å². The summed E-state index contributed by atoms with van der Waals surface area (Å²) in [5.41, 5.74) is 6.63. The molecule has 0 radical (unpaired) electrons. The molecule has 0 atom stereocenters. The maximum Gasteiger partial charge on any atom is 0.119 e. The Labute approximate surface area is 97.2 Å². The fraction of sp³-hybridized carbons (Fsp3) is 0.385. The van der Waals surface area contributed by atoms with Gasteiger partial charge in [-0.3, -0.25) is 4.90 Å². The van der Waals surface area contributed by atoms with Crippen LogP contribution in [0.15, 0.2) is 24.3 Å². The van der Waals surface area contributed by atoms with Gasteiger partial charge in [0.15, 0.2) is 0 Å². The van der Waals surface area contributed by atoms with Gasteiger partial charge in [0.25, 0.3) is 0 Å². The molecule has 1 aromatic carbocycles. The van der Waals surface area contributed by atoms with Crippen LogP contribution in [0.1, 0.15) is 5.56 Å². The van der Waals surface area contributed by atoms with Crippen molar-refractivity contribution in [3.8, 4) is 18.1 Å². The molecule has 0 saturated carbocycles. The molecular weight excluding hydrogens is 200 g/mol. The maximum absolute atomic E-state index is 5.60. The molecule has 0 unspecified atom stereocenters. The van der Waals surface area contributed by atoms with Crippen LogP contribution in [0.4, 0.5) is 0 Å². The number of hydrogen-bond donors (Lipinski definition) is 1. The molecule has 0 bridgehead atoms. The van der Waals surface area contributed by atoms with Crippen LogP contribution >= 0.6 is 0 Å². The van der Waals surface area contributed by atoms with E-state index in [0.29, 0.717) is 19.7 Å². The minimum Gasteiger partial charge on any atom is -0.492 e. The highest BCUT2D eigenvalue weighted by molar-refractivity contribution is 5.28. The van der Waals surface area contributed by atoms with Crippen molar-refractivity contribution in [2.45, 2.75) is 6.54 Å². The van der Waals surface area contributed by atoms with Gasteiger partial charge in [0.1, 0.15) is 12.4 Å². The van der Waals surface area contributed by atoms with Gasteiger partial charge in [-0.25, -0.2) is 0 Å². The molecule has 0 aliphatic heterocycles. The van der Waals surface area contributed by atoms with Gasteiger partial charge in [0, 0.05) is 13.1 Å². The predicted octanol–water partition coefficient (Wildman–Crippen LogP) is 1.09. The highest BCUT2D eigenvalue weighted by atomic mass is 16.5. The number of nitrogens with two attached hydrogens (primary N) is 1. The minimum atomic E-state index is 0.536. The van der Waals surface area contributed by atoms with Crippen LogP contribution < -0.4 is 10.5 Å². The second kappa shape index (κ2) is 6.89. The summed E-state index contributed by atoms with van der Waals surface area (Å²) in [6.07, 6.45) is 5.20. The van der Waals surface area contributed by atoms with E-state index >= 15 is 0 Å². The Hall–Kier alpha value is -1.50. The summed E-state index contributed by atoms with van der Waals surface area (Å²) < 4.78 is 5.60. The normalized spacial score (nSPS) is 10.1. The minimum absolute atomic E-state index is 0.536. The van der Waals surface area contributed by atoms with Crippen LogP contribution in [-0.2, 0) is 6.54 Å². The quantitative estimate of drug-likeness (QED) is 0.726. The zero-order chi connectivity index (χ0) is 11.8. The molecule has 86 valence electrons. The van der Waals surface area contributed by atoms with Crippen molar-refractivity contribution >= 4 is 0 Å². The molecule has 0 saturated heterocycles. The maximum atomic E-state index is 5.60. The van der Waals surface area contributed by atoms with E-state index in [1.165, 1.54) is 0 Å². The molecule has 2 N–H and O–H groups in total. The van der Waals surface area contributed by atoms with Gasteiger partial charge in [-0.05, 0) is 24.7 Å². The van der Waals surface area contributed by atoms with Gasteiger partial charge < -0.3 is 10.5 Å². The van der Waals surface area contributed by atoms with Crippen LogP contribution in [0.2, 0.25) is 0 Å². The van der Waals surface area contributed by atoms with Gasteiger partial charge in [0.2, 0.25) is 0 Å². The predicted molar refractivity (Wildman–Crippen MR) is 66.2 cm³/mol. The van der Waals surface area contributed by atoms with E-state index in [2.05, 4.69) is 5.92 Å². The van der Waals surface area contributed by atoms with Crippen molar-refractivity contribution in [1.29, 1.82) is 0 Å². The van der Waals surface area contributed by atoms with Crippen molar-refractivity contribution in [3.63, 3.8) is 0 Å². The summed E-state index contributed by atoms with van der Waals surface area (Å²) in [6, 6.07) is 7.82. The second-order valence-corrected chi connectivity index (χ2v) is 3.64. The van der Waals surface area contributed by atoms with Crippen LogP contribution in [0, 0.1) is 12.3 Å². The van der Waals surface area contributed by atoms with Crippen molar-refractivity contribution in [2.24, 2.45) is 5.73 Å². The third-order valence-electron chi connectivity index (χ3n) is 2.24. The number of benzene rings is 1. The Balaban J connectivity index is 2.34. The number of ether oxygens (including phenoxy) is 1. The number of nitrogens with zero attached hydrogens (tertiary/aromatic N) is 1. The van der Waals surface area contributed by atoms with Crippen LogP contribution in [0.5, 0.6) is 5.75 Å². The first kappa shape index (κ1) is 12.6. The zero-order valence-corrected chi connectivity index (χ0v) is 9.65. The smallest absolute Gasteiger partial charge is 0.119 e. The van der Waals surface area contributed by atoms with Gasteiger partial charge in [-0.2, -0.15) is 0 Å². The van der Waals surface area contributed by atoms with Gasteiger partial charge in [0.05, 0.1) is 6.54 Å². The lowest BCUT2D eigenvalue weighted by Crippen LogP contribution is -2.24. The van der Waals surface area contributed by atoms with E-state index in [9.17, 15) is 0 Å². The van der Waals surface area contributed by atoms with Crippen molar-refractivity contribution in [1.82, 2.24) is 4.90 Å². The average molecular weight is 218 g/mol. The number of rotatable bonds is 6. The average Bonchev–Trinajstić information content (AvgIpc) is 2.30. The zero-order valence-electron chi connectivity index (χ0n) is 9.65. The van der Waals surface area contributed by atoms with E-state index in [4.69, 9.17) is 16.9 Å². The van der Waals surface area contributed by atoms with Crippen LogP contribution in [0.25, 0.3) is 0 Å². The lowest BCUT2D eigenvalue weighted by molar-refractivity contribution is 0.251. The number of hydrogen-bond acceptors (Lipinski definition) is 3. The second-order valence-electron chi connectivity index (χ2n) is 3.64. The van der Waals surface area contributed by atoms with E-state index < -0.39 is 0 Å². The molecule has 0 spiro atoms. The topological polar surface area (TPSA) is 38.5 Å². The van der Waals surface area contributed by atoms with Crippen LogP contribution in [-0.4, -0.2) is 31.6 Å². The summed E-state index contributed by atoms with van der Waals surface area (Å²) in [5.74, 6) is 3.45. The Kier molecular flexibility index (Phi) is 5.41. The van der Waals surface area contributed by atoms with Crippen molar-refractivity contribution in [3.05, 3.63) is 29.8 Å². The van der Waals surface area contributed by atoms with Gasteiger partial charge >= 0.3 is 0 Å². The molecule has 3 heteroatoms.